The molecule has 0 saturated heterocycles. The van der Waals surface area contributed by atoms with Gasteiger partial charge in [-0.05, 0) is 55.5 Å². The van der Waals surface area contributed by atoms with Crippen molar-refractivity contribution in [1.29, 1.82) is 0 Å². The monoisotopic (exact) mass is 337 g/mol. The lowest BCUT2D eigenvalue weighted by atomic mass is 10.1. The van der Waals surface area contributed by atoms with E-state index in [0.29, 0.717) is 0 Å². The molecule has 0 aliphatic rings. The van der Waals surface area contributed by atoms with Crippen molar-refractivity contribution >= 4 is 16.7 Å². The number of aromatic nitrogens is 5. The standard InChI is InChI=1S/C21H15N5/c1-14-6-4-7-17(23-14)20-21(26-13-3-2-9-19(26)25-20)18-11-10-15-16(24-18)8-5-12-22-15/h2-13H,1H3. The zero-order valence-corrected chi connectivity index (χ0v) is 14.2. The average Bonchev–Trinajstić information content (AvgIpc) is 3.07. The van der Waals surface area contributed by atoms with E-state index in [1.54, 1.807) is 6.20 Å². The Morgan fingerprint density at radius 3 is 2.62 bits per heavy atom. The third kappa shape index (κ3) is 2.33. The normalized spacial score (nSPS) is 11.3. The molecule has 0 aromatic carbocycles. The van der Waals surface area contributed by atoms with Crippen molar-refractivity contribution in [2.45, 2.75) is 6.92 Å². The molecule has 0 saturated carbocycles. The zero-order valence-electron chi connectivity index (χ0n) is 14.2. The minimum atomic E-state index is 0.829. The first-order valence-electron chi connectivity index (χ1n) is 8.43. The Labute approximate surface area is 150 Å². The summed E-state index contributed by atoms with van der Waals surface area (Å²) in [5.41, 5.74) is 7.02. The molecule has 5 nitrogen and oxygen atoms in total. The van der Waals surface area contributed by atoms with E-state index in [2.05, 4.69) is 14.4 Å². The van der Waals surface area contributed by atoms with Gasteiger partial charge in [0, 0.05) is 18.1 Å². The highest BCUT2D eigenvalue weighted by Crippen LogP contribution is 2.31. The molecule has 5 aromatic heterocycles. The summed E-state index contributed by atoms with van der Waals surface area (Å²) >= 11 is 0. The van der Waals surface area contributed by atoms with Gasteiger partial charge in [0.25, 0.3) is 0 Å². The Bertz CT molecular complexity index is 1260. The smallest absolute Gasteiger partial charge is 0.138 e. The molecule has 0 radical (unpaired) electrons. The van der Waals surface area contributed by atoms with Gasteiger partial charge in [0.1, 0.15) is 17.0 Å². The molecule has 0 fully saturated rings. The molecule has 5 rings (SSSR count). The fourth-order valence-electron chi connectivity index (χ4n) is 3.18. The van der Waals surface area contributed by atoms with Crippen molar-refractivity contribution < 1.29 is 0 Å². The Morgan fingerprint density at radius 1 is 0.731 bits per heavy atom. The van der Waals surface area contributed by atoms with Crippen LogP contribution in [0, 0.1) is 6.92 Å². The number of hydrogen-bond donors (Lipinski definition) is 0. The lowest BCUT2D eigenvalue weighted by Gasteiger charge is -2.06. The Balaban J connectivity index is 1.83. The molecule has 26 heavy (non-hydrogen) atoms. The van der Waals surface area contributed by atoms with Gasteiger partial charge in [0.05, 0.1) is 22.4 Å². The second-order valence-corrected chi connectivity index (χ2v) is 6.14. The lowest BCUT2D eigenvalue weighted by molar-refractivity contribution is 1.17. The predicted molar refractivity (Wildman–Crippen MR) is 102 cm³/mol. The maximum atomic E-state index is 4.83. The predicted octanol–water partition coefficient (Wildman–Crippen LogP) is 4.31. The van der Waals surface area contributed by atoms with Crippen molar-refractivity contribution in [2.24, 2.45) is 0 Å². The first-order valence-corrected chi connectivity index (χ1v) is 8.43. The summed E-state index contributed by atoms with van der Waals surface area (Å²) in [4.78, 5) is 18.7. The van der Waals surface area contributed by atoms with Gasteiger partial charge in [-0.1, -0.05) is 12.1 Å². The highest BCUT2D eigenvalue weighted by Gasteiger charge is 2.18. The van der Waals surface area contributed by atoms with E-state index in [-0.39, 0.29) is 0 Å². The maximum Gasteiger partial charge on any atom is 0.138 e. The van der Waals surface area contributed by atoms with Crippen LogP contribution in [0.5, 0.6) is 0 Å². The van der Waals surface area contributed by atoms with Crippen LogP contribution in [0.2, 0.25) is 0 Å². The van der Waals surface area contributed by atoms with Gasteiger partial charge in [-0.3, -0.25) is 14.4 Å². The molecular formula is C21H15N5. The highest BCUT2D eigenvalue weighted by molar-refractivity contribution is 5.83. The van der Waals surface area contributed by atoms with Gasteiger partial charge in [-0.2, -0.15) is 0 Å². The van der Waals surface area contributed by atoms with Gasteiger partial charge in [-0.25, -0.2) is 9.97 Å². The molecule has 0 amide bonds. The molecule has 5 aromatic rings. The van der Waals surface area contributed by atoms with Crippen LogP contribution in [0.3, 0.4) is 0 Å². The van der Waals surface area contributed by atoms with Gasteiger partial charge >= 0.3 is 0 Å². The number of hydrogen-bond acceptors (Lipinski definition) is 4. The molecule has 0 bridgehead atoms. The van der Waals surface area contributed by atoms with Crippen molar-refractivity contribution in [2.75, 3.05) is 0 Å². The van der Waals surface area contributed by atoms with E-state index >= 15 is 0 Å². The summed E-state index contributed by atoms with van der Waals surface area (Å²) in [6.45, 7) is 1.99. The van der Waals surface area contributed by atoms with Crippen LogP contribution in [0.15, 0.2) is 73.1 Å². The fraction of sp³-hybridized carbons (Fsp3) is 0.0476. The number of aryl methyl sites for hydroxylation is 1. The SMILES string of the molecule is Cc1cccc(-c2nc3ccccn3c2-c2ccc3ncccc3n2)n1. The van der Waals surface area contributed by atoms with E-state index in [1.165, 1.54) is 0 Å². The maximum absolute atomic E-state index is 4.83. The second-order valence-electron chi connectivity index (χ2n) is 6.14. The fourth-order valence-corrected chi connectivity index (χ4v) is 3.18. The van der Waals surface area contributed by atoms with E-state index in [9.17, 15) is 0 Å². The van der Waals surface area contributed by atoms with Gasteiger partial charge < -0.3 is 0 Å². The van der Waals surface area contributed by atoms with Gasteiger partial charge in [-0.15, -0.1) is 0 Å². The van der Waals surface area contributed by atoms with Crippen LogP contribution in [0.4, 0.5) is 0 Å². The number of pyridine rings is 4. The Hall–Kier alpha value is -3.60. The van der Waals surface area contributed by atoms with Gasteiger partial charge in [0.15, 0.2) is 0 Å². The van der Waals surface area contributed by atoms with Crippen LogP contribution < -0.4 is 0 Å². The van der Waals surface area contributed by atoms with Crippen molar-refractivity contribution in [3.63, 3.8) is 0 Å². The number of nitrogens with zero attached hydrogens (tertiary/aromatic N) is 5. The molecule has 5 heteroatoms. The van der Waals surface area contributed by atoms with Gasteiger partial charge in [0.2, 0.25) is 0 Å². The van der Waals surface area contributed by atoms with E-state index in [1.807, 2.05) is 73.8 Å². The molecule has 5 heterocycles. The Kier molecular flexibility index (Phi) is 3.25. The van der Waals surface area contributed by atoms with Crippen molar-refractivity contribution in [3.8, 4) is 22.8 Å². The van der Waals surface area contributed by atoms with E-state index in [4.69, 9.17) is 9.97 Å². The van der Waals surface area contributed by atoms with Crippen LogP contribution in [-0.2, 0) is 0 Å². The largest absolute Gasteiger partial charge is 0.298 e. The topological polar surface area (TPSA) is 56.0 Å². The average molecular weight is 337 g/mol. The molecular weight excluding hydrogens is 322 g/mol. The molecule has 0 atom stereocenters. The van der Waals surface area contributed by atoms with Crippen LogP contribution in [0.25, 0.3) is 39.5 Å². The van der Waals surface area contributed by atoms with E-state index in [0.717, 1.165) is 45.2 Å². The molecule has 0 N–H and O–H groups in total. The minimum absolute atomic E-state index is 0.829. The quantitative estimate of drug-likeness (QED) is 0.481. The summed E-state index contributed by atoms with van der Waals surface area (Å²) in [5, 5.41) is 0. The third-order valence-electron chi connectivity index (χ3n) is 4.36. The minimum Gasteiger partial charge on any atom is -0.298 e. The summed E-state index contributed by atoms with van der Waals surface area (Å²) in [6, 6.07) is 19.8. The lowest BCUT2D eigenvalue weighted by Crippen LogP contribution is -1.94. The van der Waals surface area contributed by atoms with E-state index < -0.39 is 0 Å². The second kappa shape index (κ2) is 5.74. The van der Waals surface area contributed by atoms with Crippen LogP contribution >= 0.6 is 0 Å². The molecule has 124 valence electrons. The summed E-state index contributed by atoms with van der Waals surface area (Å²) in [5.74, 6) is 0. The summed E-state index contributed by atoms with van der Waals surface area (Å²) in [7, 11) is 0. The number of imidazole rings is 1. The van der Waals surface area contributed by atoms with Crippen LogP contribution in [-0.4, -0.2) is 24.3 Å². The van der Waals surface area contributed by atoms with Crippen LogP contribution in [0.1, 0.15) is 5.69 Å². The third-order valence-corrected chi connectivity index (χ3v) is 4.36. The Morgan fingerprint density at radius 2 is 1.69 bits per heavy atom. The molecule has 0 aliphatic heterocycles. The molecule has 0 unspecified atom stereocenters. The first kappa shape index (κ1) is 14.7. The number of fused-ring (bicyclic) bond motifs is 2. The zero-order chi connectivity index (χ0) is 17.5. The van der Waals surface area contributed by atoms with Crippen molar-refractivity contribution in [3.05, 3.63) is 78.8 Å². The summed E-state index contributed by atoms with van der Waals surface area (Å²) in [6.07, 6.45) is 3.78. The summed E-state index contributed by atoms with van der Waals surface area (Å²) < 4.78 is 2.06. The highest BCUT2D eigenvalue weighted by atomic mass is 15.0. The first-order chi connectivity index (χ1) is 12.8. The molecule has 0 aliphatic carbocycles. The number of rotatable bonds is 2. The van der Waals surface area contributed by atoms with Crippen molar-refractivity contribution in [1.82, 2.24) is 24.3 Å². The molecule has 0 spiro atoms.